The number of hydrogen-bond acceptors (Lipinski definition) is 7. The number of hydrogen-bond donors (Lipinski definition) is 3. The molecular weight excluding hydrogens is 492 g/mol. The maximum Gasteiger partial charge on any atom is 0.251 e. The van der Waals surface area contributed by atoms with Crippen molar-refractivity contribution in [1.29, 1.82) is 0 Å². The average molecular weight is 519 g/mol. The molecule has 0 aliphatic heterocycles. The van der Waals surface area contributed by atoms with Crippen LogP contribution in [-0.4, -0.2) is 36.8 Å². The minimum Gasteiger partial charge on any atom is -0.507 e. The van der Waals surface area contributed by atoms with Crippen molar-refractivity contribution in [2.24, 2.45) is 0 Å². The van der Waals surface area contributed by atoms with Gasteiger partial charge < -0.3 is 16.2 Å². The number of amides is 1. The summed E-state index contributed by atoms with van der Waals surface area (Å²) in [5.74, 6) is 0.599. The van der Waals surface area contributed by atoms with Crippen LogP contribution in [0.3, 0.4) is 0 Å². The van der Waals surface area contributed by atoms with Gasteiger partial charge in [-0.3, -0.25) is 14.2 Å². The maximum absolute atomic E-state index is 12.9. The van der Waals surface area contributed by atoms with Gasteiger partial charge in [0.15, 0.2) is 17.8 Å². The van der Waals surface area contributed by atoms with E-state index in [-0.39, 0.29) is 23.3 Å². The molecule has 5 aromatic rings. The van der Waals surface area contributed by atoms with Crippen molar-refractivity contribution in [3.63, 3.8) is 0 Å². The SMILES string of the molecule is Cc1cc(C)c2nc(-c3cccnc3N)n(-c3ccc4c(c3)CC[C@@H]4NC(=O)c3ccc(O)c(C=O)c3)c2n1. The smallest absolute Gasteiger partial charge is 0.251 e. The van der Waals surface area contributed by atoms with Crippen molar-refractivity contribution in [3.8, 4) is 22.8 Å². The molecule has 1 amide bonds. The second kappa shape index (κ2) is 9.36. The Morgan fingerprint density at radius 3 is 2.77 bits per heavy atom. The molecule has 0 fully saturated rings. The summed E-state index contributed by atoms with van der Waals surface area (Å²) in [5, 5.41) is 12.8. The number of carbonyl (C=O) groups excluding carboxylic acids is 2. The van der Waals surface area contributed by atoms with Crippen molar-refractivity contribution in [1.82, 2.24) is 24.8 Å². The molecule has 0 radical (unpaired) electrons. The number of imidazole rings is 1. The molecule has 1 aliphatic rings. The van der Waals surface area contributed by atoms with Crippen LogP contribution in [0.2, 0.25) is 0 Å². The summed E-state index contributed by atoms with van der Waals surface area (Å²) in [6.07, 6.45) is 3.71. The van der Waals surface area contributed by atoms with Gasteiger partial charge in [-0.05, 0) is 91.9 Å². The van der Waals surface area contributed by atoms with Crippen LogP contribution in [0.25, 0.3) is 28.2 Å². The lowest BCUT2D eigenvalue weighted by Crippen LogP contribution is -2.27. The molecule has 3 heterocycles. The highest BCUT2D eigenvalue weighted by Gasteiger charge is 2.26. The Kier molecular flexibility index (Phi) is 5.83. The fraction of sp³-hybridized carbons (Fsp3) is 0.167. The molecular formula is C30H26N6O3. The third-order valence-corrected chi connectivity index (χ3v) is 7.20. The molecule has 0 bridgehead atoms. The zero-order valence-corrected chi connectivity index (χ0v) is 21.5. The number of phenolic OH excluding ortho intramolecular Hbond substituents is 1. The standard InChI is InChI=1S/C30H26N6O3/c1-16-12-17(2)33-29-26(16)35-28(23-4-3-11-32-27(23)31)36(29)21-7-8-22-18(14-21)5-9-24(22)34-30(39)19-6-10-25(38)20(13-19)15-37/h3-4,6-8,10-15,24,38H,5,9H2,1-2H3,(H2,31,32)(H,34,39)/t24-/m0/s1. The van der Waals surface area contributed by atoms with Gasteiger partial charge in [0.1, 0.15) is 17.1 Å². The largest absolute Gasteiger partial charge is 0.507 e. The number of carbonyl (C=O) groups is 2. The summed E-state index contributed by atoms with van der Waals surface area (Å²) in [6.45, 7) is 3.98. The molecule has 0 saturated carbocycles. The second-order valence-corrected chi connectivity index (χ2v) is 9.80. The summed E-state index contributed by atoms with van der Waals surface area (Å²) >= 11 is 0. The highest BCUT2D eigenvalue weighted by Crippen LogP contribution is 2.36. The minimum absolute atomic E-state index is 0.0795. The van der Waals surface area contributed by atoms with Gasteiger partial charge in [-0.25, -0.2) is 15.0 Å². The fourth-order valence-corrected chi connectivity index (χ4v) is 5.32. The summed E-state index contributed by atoms with van der Waals surface area (Å²) in [4.78, 5) is 38.2. The lowest BCUT2D eigenvalue weighted by atomic mass is 10.1. The van der Waals surface area contributed by atoms with Gasteiger partial charge in [-0.2, -0.15) is 0 Å². The fourth-order valence-electron chi connectivity index (χ4n) is 5.32. The normalized spacial score (nSPS) is 14.4. The van der Waals surface area contributed by atoms with Crippen LogP contribution in [0.15, 0.2) is 60.8 Å². The summed E-state index contributed by atoms with van der Waals surface area (Å²) < 4.78 is 2.02. The van der Waals surface area contributed by atoms with Crippen LogP contribution in [0, 0.1) is 13.8 Å². The van der Waals surface area contributed by atoms with E-state index in [1.807, 2.05) is 48.7 Å². The van der Waals surface area contributed by atoms with Gasteiger partial charge >= 0.3 is 0 Å². The number of nitrogens with one attached hydrogen (secondary N) is 1. The lowest BCUT2D eigenvalue weighted by Gasteiger charge is -2.16. The predicted molar refractivity (Wildman–Crippen MR) is 148 cm³/mol. The van der Waals surface area contributed by atoms with Crippen LogP contribution < -0.4 is 11.1 Å². The van der Waals surface area contributed by atoms with Crippen molar-refractivity contribution in [3.05, 3.63) is 94.3 Å². The summed E-state index contributed by atoms with van der Waals surface area (Å²) in [5.41, 5.74) is 13.9. The number of phenols is 1. The first-order chi connectivity index (χ1) is 18.8. The number of nitrogens with two attached hydrogens (primary N) is 1. The third kappa shape index (κ3) is 4.17. The van der Waals surface area contributed by atoms with E-state index < -0.39 is 0 Å². The number of aromatic hydroxyl groups is 1. The van der Waals surface area contributed by atoms with Crippen molar-refractivity contribution in [2.45, 2.75) is 32.7 Å². The first-order valence-corrected chi connectivity index (χ1v) is 12.6. The Labute approximate surface area is 224 Å². The highest BCUT2D eigenvalue weighted by molar-refractivity contribution is 5.96. The van der Waals surface area contributed by atoms with E-state index in [2.05, 4.69) is 16.4 Å². The monoisotopic (exact) mass is 518 g/mol. The topological polar surface area (TPSA) is 136 Å². The van der Waals surface area contributed by atoms with Crippen molar-refractivity contribution < 1.29 is 14.7 Å². The molecule has 6 rings (SSSR count). The van der Waals surface area contributed by atoms with Gasteiger partial charge in [0.25, 0.3) is 5.91 Å². The number of fused-ring (bicyclic) bond motifs is 2. The average Bonchev–Trinajstić information content (AvgIpc) is 3.50. The van der Waals surface area contributed by atoms with E-state index >= 15 is 0 Å². The van der Waals surface area contributed by atoms with E-state index in [1.165, 1.54) is 18.2 Å². The lowest BCUT2D eigenvalue weighted by molar-refractivity contribution is 0.0936. The van der Waals surface area contributed by atoms with E-state index in [0.29, 0.717) is 23.5 Å². The highest BCUT2D eigenvalue weighted by atomic mass is 16.3. The second-order valence-electron chi connectivity index (χ2n) is 9.80. The molecule has 4 N–H and O–H groups in total. The number of nitrogen functional groups attached to an aromatic ring is 1. The van der Waals surface area contributed by atoms with E-state index in [1.54, 1.807) is 6.20 Å². The van der Waals surface area contributed by atoms with E-state index in [0.717, 1.165) is 57.6 Å². The Bertz CT molecular complexity index is 1790. The molecule has 0 unspecified atom stereocenters. The van der Waals surface area contributed by atoms with Gasteiger partial charge in [-0.15, -0.1) is 0 Å². The molecule has 194 valence electrons. The zero-order chi connectivity index (χ0) is 27.3. The Morgan fingerprint density at radius 1 is 1.13 bits per heavy atom. The molecule has 1 atom stereocenters. The Morgan fingerprint density at radius 2 is 1.97 bits per heavy atom. The number of pyridine rings is 2. The molecule has 9 nitrogen and oxygen atoms in total. The molecule has 1 aliphatic carbocycles. The quantitative estimate of drug-likeness (QED) is 0.289. The molecule has 0 spiro atoms. The first kappa shape index (κ1) is 24.3. The van der Waals surface area contributed by atoms with Crippen LogP contribution in [0.5, 0.6) is 5.75 Å². The van der Waals surface area contributed by atoms with Crippen LogP contribution in [-0.2, 0) is 6.42 Å². The van der Waals surface area contributed by atoms with Gasteiger partial charge in [0, 0.05) is 23.1 Å². The van der Waals surface area contributed by atoms with E-state index in [4.69, 9.17) is 15.7 Å². The summed E-state index contributed by atoms with van der Waals surface area (Å²) in [7, 11) is 0. The summed E-state index contributed by atoms with van der Waals surface area (Å²) in [6, 6.07) is 16.0. The molecule has 2 aromatic carbocycles. The minimum atomic E-state index is -0.301. The number of nitrogens with zero attached hydrogens (tertiary/aromatic N) is 4. The van der Waals surface area contributed by atoms with Crippen LogP contribution in [0.4, 0.5) is 5.82 Å². The number of anilines is 1. The Balaban J connectivity index is 1.39. The van der Waals surface area contributed by atoms with Gasteiger partial charge in [0.2, 0.25) is 0 Å². The number of aryl methyl sites for hydroxylation is 3. The molecule has 9 heteroatoms. The number of aromatic nitrogens is 4. The van der Waals surface area contributed by atoms with Crippen LogP contribution >= 0.6 is 0 Å². The number of rotatable bonds is 5. The van der Waals surface area contributed by atoms with Gasteiger partial charge in [-0.1, -0.05) is 6.07 Å². The molecule has 0 saturated heterocycles. The Hall–Kier alpha value is -5.05. The van der Waals surface area contributed by atoms with Gasteiger partial charge in [0.05, 0.1) is 17.2 Å². The molecule has 3 aromatic heterocycles. The molecule has 39 heavy (non-hydrogen) atoms. The maximum atomic E-state index is 12.9. The van der Waals surface area contributed by atoms with Crippen molar-refractivity contribution >= 4 is 29.2 Å². The number of benzene rings is 2. The van der Waals surface area contributed by atoms with Crippen LogP contribution in [0.1, 0.15) is 55.6 Å². The van der Waals surface area contributed by atoms with E-state index in [9.17, 15) is 14.7 Å². The van der Waals surface area contributed by atoms with Crippen molar-refractivity contribution in [2.75, 3.05) is 5.73 Å². The number of aldehydes is 1. The third-order valence-electron chi connectivity index (χ3n) is 7.20. The zero-order valence-electron chi connectivity index (χ0n) is 21.5. The first-order valence-electron chi connectivity index (χ1n) is 12.6. The predicted octanol–water partition coefficient (Wildman–Crippen LogP) is 4.62.